The molecule has 122 valence electrons. The summed E-state index contributed by atoms with van der Waals surface area (Å²) < 4.78 is 24.0. The molecule has 0 radical (unpaired) electrons. The van der Waals surface area contributed by atoms with Gasteiger partial charge in [0, 0.05) is 22.9 Å². The number of carbonyl (C=O) groups excluding carboxylic acids is 1. The van der Waals surface area contributed by atoms with Gasteiger partial charge < -0.3 is 11.5 Å². The molecule has 0 aliphatic carbocycles. The van der Waals surface area contributed by atoms with Gasteiger partial charge in [-0.25, -0.2) is 8.42 Å². The maximum absolute atomic E-state index is 12.0. The number of hydrogen-bond acceptors (Lipinski definition) is 3. The molecule has 2 aromatic rings. The fourth-order valence-electron chi connectivity index (χ4n) is 1.91. The quantitative estimate of drug-likeness (QED) is 0.478. The van der Waals surface area contributed by atoms with Crippen LogP contribution in [0.4, 0.5) is 0 Å². The molecule has 0 saturated heterocycles. The summed E-state index contributed by atoms with van der Waals surface area (Å²) in [5, 5.41) is 0. The molecule has 2 aromatic carbocycles. The highest BCUT2D eigenvalue weighted by atomic mass is 32.2. The van der Waals surface area contributed by atoms with Gasteiger partial charge in [-0.2, -0.15) is 4.99 Å². The lowest BCUT2D eigenvalue weighted by Gasteiger charge is -2.04. The van der Waals surface area contributed by atoms with Crippen molar-refractivity contribution in [1.29, 1.82) is 0 Å². The number of sulfone groups is 1. The number of carbonyl (C=O) groups is 1. The summed E-state index contributed by atoms with van der Waals surface area (Å²) in [5.74, 6) is 4.59. The maximum atomic E-state index is 12.0. The third-order valence-electron chi connectivity index (χ3n) is 2.97. The molecule has 0 fully saturated rings. The molecule has 0 aromatic heterocycles. The van der Waals surface area contributed by atoms with Crippen molar-refractivity contribution in [2.45, 2.75) is 4.90 Å². The maximum Gasteiger partial charge on any atom is 0.280 e. The molecule has 24 heavy (non-hydrogen) atoms. The van der Waals surface area contributed by atoms with Gasteiger partial charge in [0.2, 0.25) is 0 Å². The van der Waals surface area contributed by atoms with Crippen LogP contribution in [0.1, 0.15) is 21.5 Å². The molecule has 0 unspecified atom stereocenters. The smallest absolute Gasteiger partial charge is 0.280 e. The van der Waals surface area contributed by atoms with Gasteiger partial charge in [0.15, 0.2) is 15.8 Å². The molecule has 0 bridgehead atoms. The second kappa shape index (κ2) is 6.98. The summed E-state index contributed by atoms with van der Waals surface area (Å²) >= 11 is 0. The third-order valence-corrected chi connectivity index (χ3v) is 4.11. The number of nitrogens with zero attached hydrogens (tertiary/aromatic N) is 1. The first kappa shape index (κ1) is 17.2. The molecule has 0 spiro atoms. The molecule has 0 heterocycles. The Morgan fingerprint density at radius 3 is 2.29 bits per heavy atom. The number of rotatable bonds is 2. The SMILES string of the molecule is CS(=O)(=O)c1cc(C(=O)N=C(N)N)ccc1C#Cc1ccccc1. The zero-order chi connectivity index (χ0) is 17.7. The Morgan fingerprint density at radius 1 is 1.04 bits per heavy atom. The fourth-order valence-corrected chi connectivity index (χ4v) is 2.77. The first-order valence-electron chi connectivity index (χ1n) is 6.82. The summed E-state index contributed by atoms with van der Waals surface area (Å²) in [6.45, 7) is 0. The molecule has 0 aliphatic rings. The average molecular weight is 341 g/mol. The van der Waals surface area contributed by atoms with Gasteiger partial charge in [-0.15, -0.1) is 0 Å². The van der Waals surface area contributed by atoms with Crippen molar-refractivity contribution in [2.75, 3.05) is 6.26 Å². The second-order valence-corrected chi connectivity index (χ2v) is 6.93. The van der Waals surface area contributed by atoms with E-state index in [1.807, 2.05) is 30.3 Å². The average Bonchev–Trinajstić information content (AvgIpc) is 2.52. The lowest BCUT2D eigenvalue weighted by atomic mass is 10.1. The minimum Gasteiger partial charge on any atom is -0.370 e. The Kier molecular flexibility index (Phi) is 5.02. The van der Waals surface area contributed by atoms with Crippen LogP contribution in [-0.2, 0) is 9.84 Å². The molecule has 6 nitrogen and oxygen atoms in total. The first-order valence-corrected chi connectivity index (χ1v) is 8.71. The predicted molar refractivity (Wildman–Crippen MR) is 92.1 cm³/mol. The predicted octanol–water partition coefficient (Wildman–Crippen LogP) is 0.904. The molecular formula is C17H15N3O3S. The Labute approximate surface area is 140 Å². The van der Waals surface area contributed by atoms with E-state index in [4.69, 9.17) is 11.5 Å². The molecule has 0 aliphatic heterocycles. The lowest BCUT2D eigenvalue weighted by molar-refractivity contribution is 0.100. The fraction of sp³-hybridized carbons (Fsp3) is 0.0588. The molecule has 4 N–H and O–H groups in total. The largest absolute Gasteiger partial charge is 0.370 e. The van der Waals surface area contributed by atoms with E-state index in [9.17, 15) is 13.2 Å². The van der Waals surface area contributed by atoms with E-state index < -0.39 is 21.7 Å². The van der Waals surface area contributed by atoms with Gasteiger partial charge in [0.1, 0.15) is 0 Å². The highest BCUT2D eigenvalue weighted by molar-refractivity contribution is 7.90. The molecule has 0 atom stereocenters. The van der Waals surface area contributed by atoms with Crippen LogP contribution in [0, 0.1) is 11.8 Å². The molecule has 7 heteroatoms. The van der Waals surface area contributed by atoms with Crippen LogP contribution >= 0.6 is 0 Å². The van der Waals surface area contributed by atoms with E-state index in [0.29, 0.717) is 5.56 Å². The highest BCUT2D eigenvalue weighted by Gasteiger charge is 2.16. The van der Waals surface area contributed by atoms with E-state index in [1.165, 1.54) is 18.2 Å². The van der Waals surface area contributed by atoms with Crippen LogP contribution in [0.3, 0.4) is 0 Å². The standard InChI is InChI=1S/C17H15N3O3S/c1-24(22,23)15-11-14(16(21)20-17(18)19)10-9-13(15)8-7-12-5-3-2-4-6-12/h2-6,9-11H,1H3,(H4,18,19,20,21). The monoisotopic (exact) mass is 341 g/mol. The molecular weight excluding hydrogens is 326 g/mol. The minimum atomic E-state index is -3.59. The number of hydrogen-bond donors (Lipinski definition) is 2. The van der Waals surface area contributed by atoms with Crippen molar-refractivity contribution in [3.63, 3.8) is 0 Å². The van der Waals surface area contributed by atoms with E-state index >= 15 is 0 Å². The Morgan fingerprint density at radius 2 is 1.71 bits per heavy atom. The second-order valence-electron chi connectivity index (χ2n) is 4.94. The van der Waals surface area contributed by atoms with E-state index in [-0.39, 0.29) is 10.5 Å². The summed E-state index contributed by atoms with van der Waals surface area (Å²) in [4.78, 5) is 15.2. The van der Waals surface area contributed by atoms with Crippen molar-refractivity contribution in [3.05, 3.63) is 65.2 Å². The summed E-state index contributed by atoms with van der Waals surface area (Å²) in [5.41, 5.74) is 11.4. The van der Waals surface area contributed by atoms with Crippen LogP contribution in [-0.4, -0.2) is 26.5 Å². The topological polar surface area (TPSA) is 116 Å². The summed E-state index contributed by atoms with van der Waals surface area (Å²) in [6.07, 6.45) is 1.05. The van der Waals surface area contributed by atoms with Gasteiger partial charge in [-0.3, -0.25) is 4.79 Å². The van der Waals surface area contributed by atoms with Gasteiger partial charge >= 0.3 is 0 Å². The van der Waals surface area contributed by atoms with E-state index in [1.54, 1.807) is 0 Å². The van der Waals surface area contributed by atoms with Gasteiger partial charge in [-0.1, -0.05) is 30.0 Å². The number of aliphatic imine (C=N–C) groups is 1. The zero-order valence-corrected chi connectivity index (χ0v) is 13.7. The molecule has 0 saturated carbocycles. The third kappa shape index (κ3) is 4.44. The normalized spacial score (nSPS) is 10.4. The van der Waals surface area contributed by atoms with Gasteiger partial charge in [0.05, 0.1) is 4.90 Å². The van der Waals surface area contributed by atoms with Crippen LogP contribution in [0.25, 0.3) is 0 Å². The van der Waals surface area contributed by atoms with Crippen LogP contribution in [0.15, 0.2) is 58.4 Å². The van der Waals surface area contributed by atoms with E-state index in [0.717, 1.165) is 11.8 Å². The van der Waals surface area contributed by atoms with Crippen LogP contribution in [0.5, 0.6) is 0 Å². The van der Waals surface area contributed by atoms with Crippen molar-refractivity contribution < 1.29 is 13.2 Å². The van der Waals surface area contributed by atoms with Crippen molar-refractivity contribution in [2.24, 2.45) is 16.5 Å². The lowest BCUT2D eigenvalue weighted by Crippen LogP contribution is -2.24. The first-order chi connectivity index (χ1) is 11.3. The highest BCUT2D eigenvalue weighted by Crippen LogP contribution is 2.18. The Bertz CT molecular complexity index is 965. The van der Waals surface area contributed by atoms with Crippen molar-refractivity contribution in [3.8, 4) is 11.8 Å². The minimum absolute atomic E-state index is 0.0532. The molecule has 1 amide bonds. The number of benzene rings is 2. The van der Waals surface area contributed by atoms with Crippen molar-refractivity contribution >= 4 is 21.7 Å². The number of amides is 1. The van der Waals surface area contributed by atoms with Gasteiger partial charge in [0.25, 0.3) is 5.91 Å². The van der Waals surface area contributed by atoms with Crippen LogP contribution in [0.2, 0.25) is 0 Å². The Balaban J connectivity index is 2.52. The van der Waals surface area contributed by atoms with Gasteiger partial charge in [-0.05, 0) is 30.3 Å². The Hall–Kier alpha value is -3.11. The van der Waals surface area contributed by atoms with Crippen LogP contribution < -0.4 is 11.5 Å². The van der Waals surface area contributed by atoms with Crippen molar-refractivity contribution in [1.82, 2.24) is 0 Å². The molecule has 2 rings (SSSR count). The number of guanidine groups is 1. The number of nitrogens with two attached hydrogens (primary N) is 2. The van der Waals surface area contributed by atoms with E-state index in [2.05, 4.69) is 16.8 Å². The summed E-state index contributed by atoms with van der Waals surface area (Å²) in [6, 6.07) is 13.3. The zero-order valence-electron chi connectivity index (χ0n) is 12.9. The summed E-state index contributed by atoms with van der Waals surface area (Å²) in [7, 11) is -3.59.